The molecule has 3 nitrogen and oxygen atoms in total. The molecule has 0 radical (unpaired) electrons. The molecular formula is C13H17ClN2O. The van der Waals surface area contributed by atoms with Gasteiger partial charge in [-0.2, -0.15) is 0 Å². The van der Waals surface area contributed by atoms with Crippen molar-refractivity contribution in [2.24, 2.45) is 0 Å². The molecule has 17 heavy (non-hydrogen) atoms. The van der Waals surface area contributed by atoms with Crippen LogP contribution < -0.4 is 5.69 Å². The fraction of sp³-hybridized carbons (Fsp3) is 0.462. The van der Waals surface area contributed by atoms with Crippen molar-refractivity contribution in [2.75, 3.05) is 0 Å². The average molecular weight is 253 g/mol. The lowest BCUT2D eigenvalue weighted by Crippen LogP contribution is -2.16. The fourth-order valence-corrected chi connectivity index (χ4v) is 2.23. The number of H-pyrrole nitrogens is 1. The van der Waals surface area contributed by atoms with E-state index in [0.29, 0.717) is 5.02 Å². The van der Waals surface area contributed by atoms with Gasteiger partial charge in [0.2, 0.25) is 0 Å². The van der Waals surface area contributed by atoms with Gasteiger partial charge in [-0.1, -0.05) is 37.8 Å². The molecule has 0 bridgehead atoms. The number of benzene rings is 1. The van der Waals surface area contributed by atoms with Gasteiger partial charge in [0.1, 0.15) is 0 Å². The first-order chi connectivity index (χ1) is 8.22. The van der Waals surface area contributed by atoms with Crippen molar-refractivity contribution in [3.63, 3.8) is 0 Å². The fourth-order valence-electron chi connectivity index (χ4n) is 2.05. The Morgan fingerprint density at radius 3 is 2.88 bits per heavy atom. The van der Waals surface area contributed by atoms with Gasteiger partial charge >= 0.3 is 5.69 Å². The van der Waals surface area contributed by atoms with Gasteiger partial charge in [-0.15, -0.1) is 0 Å². The van der Waals surface area contributed by atoms with Crippen LogP contribution in [0.4, 0.5) is 0 Å². The van der Waals surface area contributed by atoms with Crippen molar-refractivity contribution in [3.8, 4) is 0 Å². The Morgan fingerprint density at radius 1 is 1.29 bits per heavy atom. The predicted molar refractivity (Wildman–Crippen MR) is 71.7 cm³/mol. The lowest BCUT2D eigenvalue weighted by Gasteiger charge is -2.02. The minimum Gasteiger partial charge on any atom is -0.305 e. The van der Waals surface area contributed by atoms with Crippen LogP contribution in [0, 0.1) is 0 Å². The maximum Gasteiger partial charge on any atom is 0.326 e. The minimum absolute atomic E-state index is 0.0428. The summed E-state index contributed by atoms with van der Waals surface area (Å²) in [5.41, 5.74) is 1.72. The molecule has 1 aromatic heterocycles. The topological polar surface area (TPSA) is 37.8 Å². The molecule has 1 aromatic carbocycles. The summed E-state index contributed by atoms with van der Waals surface area (Å²) in [6, 6.07) is 5.51. The summed E-state index contributed by atoms with van der Waals surface area (Å²) in [6.45, 7) is 2.96. The maximum absolute atomic E-state index is 11.8. The molecular weight excluding hydrogens is 236 g/mol. The Hall–Kier alpha value is -1.22. The minimum atomic E-state index is -0.0428. The molecule has 2 aromatic rings. The first-order valence-electron chi connectivity index (χ1n) is 6.10. The Morgan fingerprint density at radius 2 is 2.12 bits per heavy atom. The van der Waals surface area contributed by atoms with Gasteiger partial charge in [-0.25, -0.2) is 4.79 Å². The molecule has 0 amide bonds. The summed E-state index contributed by atoms with van der Waals surface area (Å²) in [6.07, 6.45) is 4.65. The number of unbranched alkanes of at least 4 members (excludes halogenated alkanes) is 3. The smallest absolute Gasteiger partial charge is 0.305 e. The second-order valence-corrected chi connectivity index (χ2v) is 4.74. The predicted octanol–water partition coefficient (Wildman–Crippen LogP) is 3.56. The van der Waals surface area contributed by atoms with Gasteiger partial charge in [0.05, 0.1) is 11.0 Å². The maximum atomic E-state index is 11.8. The molecule has 0 spiro atoms. The second kappa shape index (κ2) is 5.41. The molecule has 0 atom stereocenters. The van der Waals surface area contributed by atoms with Crippen LogP contribution in [0.25, 0.3) is 11.0 Å². The van der Waals surface area contributed by atoms with Crippen LogP contribution in [0.2, 0.25) is 5.02 Å². The normalized spacial score (nSPS) is 11.2. The molecule has 0 aliphatic carbocycles. The number of imidazole rings is 1. The number of rotatable bonds is 5. The van der Waals surface area contributed by atoms with Crippen molar-refractivity contribution in [1.29, 1.82) is 0 Å². The second-order valence-electron chi connectivity index (χ2n) is 4.30. The molecule has 0 unspecified atom stereocenters. The third kappa shape index (κ3) is 2.72. The van der Waals surface area contributed by atoms with Gasteiger partial charge in [-0.05, 0) is 24.6 Å². The number of halogens is 1. The summed E-state index contributed by atoms with van der Waals surface area (Å²) >= 11 is 5.89. The number of aryl methyl sites for hydroxylation is 1. The molecule has 0 fully saturated rings. The SMILES string of the molecule is CCCCCCn1c(=O)[nH]c2cc(Cl)ccc21. The van der Waals surface area contributed by atoms with E-state index in [0.717, 1.165) is 24.0 Å². The zero-order chi connectivity index (χ0) is 12.3. The van der Waals surface area contributed by atoms with Crippen LogP contribution in [0.1, 0.15) is 32.6 Å². The van der Waals surface area contributed by atoms with Gasteiger partial charge in [0.25, 0.3) is 0 Å². The van der Waals surface area contributed by atoms with Crippen LogP contribution in [0.15, 0.2) is 23.0 Å². The van der Waals surface area contributed by atoms with E-state index in [4.69, 9.17) is 11.6 Å². The van der Waals surface area contributed by atoms with Gasteiger partial charge in [-0.3, -0.25) is 4.57 Å². The molecule has 0 saturated heterocycles. The van der Waals surface area contributed by atoms with E-state index in [1.54, 1.807) is 10.6 Å². The van der Waals surface area contributed by atoms with E-state index in [1.165, 1.54) is 19.3 Å². The number of fused-ring (bicyclic) bond motifs is 1. The summed E-state index contributed by atoms with van der Waals surface area (Å²) in [5, 5.41) is 0.650. The van der Waals surface area contributed by atoms with E-state index in [-0.39, 0.29) is 5.69 Å². The first kappa shape index (κ1) is 12.2. The van der Waals surface area contributed by atoms with E-state index >= 15 is 0 Å². The van der Waals surface area contributed by atoms with Crippen LogP contribution >= 0.6 is 11.6 Å². The van der Waals surface area contributed by atoms with Gasteiger partial charge < -0.3 is 4.98 Å². The third-order valence-corrected chi connectivity index (χ3v) is 3.21. The standard InChI is InChI=1S/C13H17ClN2O/c1-2-3-4-5-8-16-12-7-6-10(14)9-11(12)15-13(16)17/h6-7,9H,2-5,8H2,1H3,(H,15,17). The van der Waals surface area contributed by atoms with Crippen molar-refractivity contribution in [3.05, 3.63) is 33.7 Å². The van der Waals surface area contributed by atoms with Gasteiger partial charge in [0.15, 0.2) is 0 Å². The summed E-state index contributed by atoms with van der Waals surface area (Å²) in [7, 11) is 0. The van der Waals surface area contributed by atoms with E-state index in [1.807, 2.05) is 12.1 Å². The van der Waals surface area contributed by atoms with Crippen molar-refractivity contribution in [2.45, 2.75) is 39.2 Å². The molecule has 4 heteroatoms. The summed E-state index contributed by atoms with van der Waals surface area (Å²) < 4.78 is 1.79. The van der Waals surface area contributed by atoms with Gasteiger partial charge in [0, 0.05) is 11.6 Å². The molecule has 2 rings (SSSR count). The zero-order valence-electron chi connectivity index (χ0n) is 10.0. The quantitative estimate of drug-likeness (QED) is 0.812. The lowest BCUT2D eigenvalue weighted by atomic mass is 10.2. The summed E-state index contributed by atoms with van der Waals surface area (Å²) in [4.78, 5) is 14.6. The number of nitrogens with zero attached hydrogens (tertiary/aromatic N) is 1. The highest BCUT2D eigenvalue weighted by Crippen LogP contribution is 2.16. The molecule has 0 saturated carbocycles. The highest BCUT2D eigenvalue weighted by Gasteiger charge is 2.06. The third-order valence-electron chi connectivity index (χ3n) is 2.97. The average Bonchev–Trinajstić information content (AvgIpc) is 2.60. The molecule has 92 valence electrons. The molecule has 0 aliphatic rings. The van der Waals surface area contributed by atoms with Crippen molar-refractivity contribution < 1.29 is 0 Å². The zero-order valence-corrected chi connectivity index (χ0v) is 10.8. The van der Waals surface area contributed by atoms with Crippen LogP contribution in [0.5, 0.6) is 0 Å². The Labute approximate surface area is 105 Å². The Kier molecular flexibility index (Phi) is 3.89. The Bertz CT molecular complexity index is 556. The van der Waals surface area contributed by atoms with Crippen LogP contribution in [-0.2, 0) is 6.54 Å². The number of hydrogen-bond donors (Lipinski definition) is 1. The number of hydrogen-bond acceptors (Lipinski definition) is 1. The first-order valence-corrected chi connectivity index (χ1v) is 6.48. The van der Waals surface area contributed by atoms with Crippen LogP contribution in [0.3, 0.4) is 0 Å². The Balaban J connectivity index is 2.21. The highest BCUT2D eigenvalue weighted by molar-refractivity contribution is 6.31. The van der Waals surface area contributed by atoms with E-state index < -0.39 is 0 Å². The van der Waals surface area contributed by atoms with Crippen molar-refractivity contribution in [1.82, 2.24) is 9.55 Å². The van der Waals surface area contributed by atoms with Crippen LogP contribution in [-0.4, -0.2) is 9.55 Å². The van der Waals surface area contributed by atoms with E-state index in [9.17, 15) is 4.79 Å². The number of aromatic amines is 1. The monoisotopic (exact) mass is 252 g/mol. The highest BCUT2D eigenvalue weighted by atomic mass is 35.5. The van der Waals surface area contributed by atoms with Crippen molar-refractivity contribution >= 4 is 22.6 Å². The molecule has 1 N–H and O–H groups in total. The number of nitrogens with one attached hydrogen (secondary N) is 1. The lowest BCUT2D eigenvalue weighted by molar-refractivity contribution is 0.581. The largest absolute Gasteiger partial charge is 0.326 e. The number of aromatic nitrogens is 2. The molecule has 0 aliphatic heterocycles. The summed E-state index contributed by atoms with van der Waals surface area (Å²) in [5.74, 6) is 0. The van der Waals surface area contributed by atoms with E-state index in [2.05, 4.69) is 11.9 Å². The molecule has 1 heterocycles.